The number of hydrogen-bond donors (Lipinski definition) is 1. The molecule has 122 valence electrons. The van der Waals surface area contributed by atoms with E-state index in [4.69, 9.17) is 18.7 Å². The molecule has 1 unspecified atom stereocenters. The van der Waals surface area contributed by atoms with Gasteiger partial charge in [-0.15, -0.1) is 0 Å². The van der Waals surface area contributed by atoms with Crippen LogP contribution in [-0.4, -0.2) is 16.2 Å². The molecule has 9 heteroatoms. The highest BCUT2D eigenvalue weighted by Crippen LogP contribution is 2.30. The van der Waals surface area contributed by atoms with Crippen molar-refractivity contribution in [3.63, 3.8) is 0 Å². The number of rotatable bonds is 6. The monoisotopic (exact) mass is 323 g/mol. The van der Waals surface area contributed by atoms with Gasteiger partial charge in [-0.25, -0.2) is 9.59 Å². The molecule has 0 saturated heterocycles. The molecule has 0 aliphatic heterocycles. The molecule has 2 rings (SSSR count). The lowest BCUT2D eigenvalue weighted by molar-refractivity contribution is -0.384. The first-order chi connectivity index (χ1) is 10.9. The summed E-state index contributed by atoms with van der Waals surface area (Å²) in [6.45, 7) is 1.84. The van der Waals surface area contributed by atoms with Crippen molar-refractivity contribution in [1.29, 1.82) is 0 Å². The Morgan fingerprint density at radius 1 is 1.35 bits per heavy atom. The van der Waals surface area contributed by atoms with Crippen molar-refractivity contribution in [2.24, 2.45) is 0 Å². The zero-order valence-electron chi connectivity index (χ0n) is 12.1. The zero-order valence-corrected chi connectivity index (χ0v) is 12.1. The first-order valence-electron chi connectivity index (χ1n) is 6.69. The lowest BCUT2D eigenvalue weighted by Gasteiger charge is -2.14. The summed E-state index contributed by atoms with van der Waals surface area (Å²) in [5, 5.41) is 19.6. The van der Waals surface area contributed by atoms with Crippen LogP contribution in [0.25, 0.3) is 0 Å². The van der Waals surface area contributed by atoms with E-state index in [1.54, 1.807) is 0 Å². The Labute approximate surface area is 129 Å². The van der Waals surface area contributed by atoms with Crippen LogP contribution in [0.5, 0.6) is 0 Å². The predicted molar refractivity (Wildman–Crippen MR) is 75.3 cm³/mol. The first-order valence-corrected chi connectivity index (χ1v) is 6.69. The highest BCUT2D eigenvalue weighted by Gasteiger charge is 2.28. The van der Waals surface area contributed by atoms with Gasteiger partial charge in [-0.1, -0.05) is 6.92 Å². The van der Waals surface area contributed by atoms with E-state index in [1.807, 2.05) is 6.92 Å². The second-order valence-corrected chi connectivity index (χ2v) is 4.60. The number of carboxylic acid groups (broad SMARTS) is 1. The highest BCUT2D eigenvalue weighted by molar-refractivity contribution is 5.58. The maximum atomic E-state index is 11.3. The van der Waals surface area contributed by atoms with Crippen LogP contribution in [0.15, 0.2) is 37.9 Å². The molecule has 1 atom stereocenters. The Balaban J connectivity index is 2.46. The Morgan fingerprint density at radius 2 is 2.00 bits per heavy atom. The predicted octanol–water partition coefficient (Wildman–Crippen LogP) is 2.88. The van der Waals surface area contributed by atoms with Crippen LogP contribution in [0.1, 0.15) is 36.5 Å². The number of aryl methyl sites for hydroxylation is 1. The topological polar surface area (TPSA) is 133 Å². The minimum Gasteiger partial charge on any atom is -0.450 e. The molecule has 1 N–H and O–H groups in total. The SMILES string of the molecule is CCCc1oc(=O)oc1C(OC(=O)O)c1ccc([N+](=O)[O-])cc1. The van der Waals surface area contributed by atoms with Gasteiger partial charge in [0.25, 0.3) is 5.69 Å². The molecule has 0 saturated carbocycles. The minimum absolute atomic E-state index is 0.0619. The molecule has 0 amide bonds. The molecule has 0 radical (unpaired) electrons. The van der Waals surface area contributed by atoms with Crippen LogP contribution in [0.2, 0.25) is 0 Å². The lowest BCUT2D eigenvalue weighted by Crippen LogP contribution is -2.12. The van der Waals surface area contributed by atoms with E-state index in [2.05, 4.69) is 0 Å². The molecule has 0 spiro atoms. The van der Waals surface area contributed by atoms with Gasteiger partial charge in [0.2, 0.25) is 0 Å². The fourth-order valence-corrected chi connectivity index (χ4v) is 2.06. The van der Waals surface area contributed by atoms with Gasteiger partial charge in [-0.2, -0.15) is 0 Å². The minimum atomic E-state index is -1.58. The van der Waals surface area contributed by atoms with Crippen molar-refractivity contribution in [3.05, 3.63) is 62.1 Å². The van der Waals surface area contributed by atoms with E-state index in [-0.39, 0.29) is 22.8 Å². The molecule has 2 aromatic rings. The van der Waals surface area contributed by atoms with Gasteiger partial charge in [0, 0.05) is 24.1 Å². The number of benzene rings is 1. The average molecular weight is 323 g/mol. The fourth-order valence-electron chi connectivity index (χ4n) is 2.06. The molecular formula is C14H13NO8. The Bertz CT molecular complexity index is 758. The van der Waals surface area contributed by atoms with Crippen LogP contribution in [-0.2, 0) is 11.2 Å². The van der Waals surface area contributed by atoms with Crippen molar-refractivity contribution in [2.45, 2.75) is 25.9 Å². The van der Waals surface area contributed by atoms with Crippen molar-refractivity contribution >= 4 is 11.8 Å². The number of hydrogen-bond acceptors (Lipinski definition) is 7. The molecule has 1 aromatic carbocycles. The molecule has 9 nitrogen and oxygen atoms in total. The molecule has 23 heavy (non-hydrogen) atoms. The van der Waals surface area contributed by atoms with Gasteiger partial charge in [-0.3, -0.25) is 10.1 Å². The number of nitrogens with zero attached hydrogens (tertiary/aromatic N) is 1. The lowest BCUT2D eigenvalue weighted by atomic mass is 10.0. The summed E-state index contributed by atoms with van der Waals surface area (Å²) in [6, 6.07) is 5.05. The second-order valence-electron chi connectivity index (χ2n) is 4.60. The number of carbonyl (C=O) groups is 1. The highest BCUT2D eigenvalue weighted by atomic mass is 16.7. The van der Waals surface area contributed by atoms with Crippen molar-refractivity contribution in [3.8, 4) is 0 Å². The van der Waals surface area contributed by atoms with E-state index in [1.165, 1.54) is 24.3 Å². The fraction of sp³-hybridized carbons (Fsp3) is 0.286. The largest absolute Gasteiger partial charge is 0.519 e. The number of nitro benzene ring substituents is 1. The maximum Gasteiger partial charge on any atom is 0.519 e. The van der Waals surface area contributed by atoms with Gasteiger partial charge in [0.15, 0.2) is 17.6 Å². The third-order valence-corrected chi connectivity index (χ3v) is 3.02. The Morgan fingerprint density at radius 3 is 2.52 bits per heavy atom. The van der Waals surface area contributed by atoms with E-state index in [9.17, 15) is 19.7 Å². The third kappa shape index (κ3) is 3.76. The molecule has 0 aliphatic rings. The summed E-state index contributed by atoms with van der Waals surface area (Å²) in [7, 11) is 0. The quantitative estimate of drug-likeness (QED) is 0.487. The van der Waals surface area contributed by atoms with Crippen LogP contribution < -0.4 is 5.82 Å². The average Bonchev–Trinajstić information content (AvgIpc) is 2.85. The van der Waals surface area contributed by atoms with Crippen LogP contribution in [0.3, 0.4) is 0 Å². The first kappa shape index (κ1) is 16.3. The molecule has 0 aliphatic carbocycles. The number of nitro groups is 1. The summed E-state index contributed by atoms with van der Waals surface area (Å²) < 4.78 is 14.6. The Hall–Kier alpha value is -3.10. The summed E-state index contributed by atoms with van der Waals surface area (Å²) in [4.78, 5) is 32.3. The summed E-state index contributed by atoms with van der Waals surface area (Å²) in [5.41, 5.74) is 0.116. The van der Waals surface area contributed by atoms with E-state index in [0.29, 0.717) is 12.8 Å². The smallest absolute Gasteiger partial charge is 0.450 e. The third-order valence-electron chi connectivity index (χ3n) is 3.02. The van der Waals surface area contributed by atoms with E-state index < -0.39 is 23.0 Å². The van der Waals surface area contributed by atoms with Crippen molar-refractivity contribution in [2.75, 3.05) is 0 Å². The van der Waals surface area contributed by atoms with Gasteiger partial charge in [0.05, 0.1) is 4.92 Å². The van der Waals surface area contributed by atoms with Gasteiger partial charge in [0.1, 0.15) is 0 Å². The maximum absolute atomic E-state index is 11.3. The van der Waals surface area contributed by atoms with E-state index >= 15 is 0 Å². The van der Waals surface area contributed by atoms with E-state index in [0.717, 1.165) is 0 Å². The molecule has 1 aromatic heterocycles. The summed E-state index contributed by atoms with van der Waals surface area (Å²) in [6.07, 6.45) is -1.84. The molecule has 1 heterocycles. The van der Waals surface area contributed by atoms with Gasteiger partial charge >= 0.3 is 12.0 Å². The van der Waals surface area contributed by atoms with Crippen LogP contribution in [0.4, 0.5) is 10.5 Å². The van der Waals surface area contributed by atoms with Gasteiger partial charge < -0.3 is 18.7 Å². The summed E-state index contributed by atoms with van der Waals surface area (Å²) >= 11 is 0. The molecule has 0 fully saturated rings. The molecule has 0 bridgehead atoms. The summed E-state index contributed by atoms with van der Waals surface area (Å²) in [5.74, 6) is -0.848. The van der Waals surface area contributed by atoms with Crippen molar-refractivity contribution in [1.82, 2.24) is 0 Å². The molecular weight excluding hydrogens is 310 g/mol. The number of non-ortho nitro benzene ring substituents is 1. The van der Waals surface area contributed by atoms with Crippen LogP contribution >= 0.6 is 0 Å². The Kier molecular flexibility index (Phi) is 4.79. The van der Waals surface area contributed by atoms with Crippen LogP contribution in [0, 0.1) is 10.1 Å². The number of ether oxygens (including phenoxy) is 1. The van der Waals surface area contributed by atoms with Gasteiger partial charge in [-0.05, 0) is 18.6 Å². The zero-order chi connectivity index (χ0) is 17.0. The second kappa shape index (κ2) is 6.77. The normalized spacial score (nSPS) is 11.9. The standard InChI is InChI=1S/C14H13NO8/c1-2-3-10-12(23-14(18)21-10)11(22-13(16)17)8-4-6-9(7-5-8)15(19)20/h4-7,11H,2-3H2,1H3,(H,16,17). The van der Waals surface area contributed by atoms with Crippen molar-refractivity contribution < 1.29 is 28.4 Å².